The summed E-state index contributed by atoms with van der Waals surface area (Å²) in [7, 11) is 2.15. The number of oxazole rings is 1. The average Bonchev–Trinajstić information content (AvgIpc) is 3.34. The van der Waals surface area contributed by atoms with Crippen molar-refractivity contribution in [3.05, 3.63) is 78.1 Å². The second-order valence-corrected chi connectivity index (χ2v) is 9.17. The third kappa shape index (κ3) is 5.57. The molecule has 0 spiro atoms. The maximum Gasteiger partial charge on any atom is 0.226 e. The number of rotatable bonds is 4. The number of hydrogen-bond donors (Lipinski definition) is 0. The molecule has 0 bridgehead atoms. The van der Waals surface area contributed by atoms with Gasteiger partial charge >= 0.3 is 0 Å². The van der Waals surface area contributed by atoms with Gasteiger partial charge in [-0.15, -0.1) is 0 Å². The standard InChI is InChI=1S/C28H30FN5O/c1-20-12-13-30-27(18-20)32-22-4-3-5-24(25(29)11-8-22)26-19-31-28(35-26)21-6-9-23(10-7-21)34-16-14-33(2)15-17-34/h6-13,18-19H,3-5,14-17H2,1-2H3/b11-8-,25-24?,32-22?. The fourth-order valence-electron chi connectivity index (χ4n) is 4.41. The van der Waals surface area contributed by atoms with Crippen LogP contribution in [0.4, 0.5) is 15.9 Å². The van der Waals surface area contributed by atoms with Crippen LogP contribution in [-0.4, -0.2) is 53.8 Å². The maximum absolute atomic E-state index is 15.1. The second kappa shape index (κ2) is 10.4. The molecule has 0 radical (unpaired) electrons. The van der Waals surface area contributed by atoms with Crippen LogP contribution in [0.15, 0.2) is 76.2 Å². The minimum Gasteiger partial charge on any atom is -0.436 e. The van der Waals surface area contributed by atoms with Crippen LogP contribution >= 0.6 is 0 Å². The predicted molar refractivity (Wildman–Crippen MR) is 139 cm³/mol. The normalized spacial score (nSPS) is 19.6. The lowest BCUT2D eigenvalue weighted by Gasteiger charge is -2.34. The van der Waals surface area contributed by atoms with Gasteiger partial charge in [0.1, 0.15) is 5.83 Å². The van der Waals surface area contributed by atoms with Crippen molar-refractivity contribution in [2.24, 2.45) is 4.99 Å². The molecule has 5 rings (SSSR count). The van der Waals surface area contributed by atoms with Gasteiger partial charge in [-0.2, -0.15) is 0 Å². The van der Waals surface area contributed by atoms with Crippen LogP contribution in [0.3, 0.4) is 0 Å². The van der Waals surface area contributed by atoms with Gasteiger partial charge in [-0.05, 0) is 87.3 Å². The zero-order chi connectivity index (χ0) is 24.2. The Morgan fingerprint density at radius 2 is 1.77 bits per heavy atom. The summed E-state index contributed by atoms with van der Waals surface area (Å²) in [5.41, 5.74) is 4.54. The molecule has 1 fully saturated rings. The molecule has 0 N–H and O–H groups in total. The molecule has 3 heterocycles. The molecule has 7 heteroatoms. The predicted octanol–water partition coefficient (Wildman–Crippen LogP) is 5.99. The van der Waals surface area contributed by atoms with Crippen LogP contribution in [0.25, 0.3) is 17.0 Å². The van der Waals surface area contributed by atoms with Crippen molar-refractivity contribution >= 4 is 22.8 Å². The number of anilines is 1. The highest BCUT2D eigenvalue weighted by Crippen LogP contribution is 2.32. The molecule has 0 saturated carbocycles. The first kappa shape index (κ1) is 23.2. The second-order valence-electron chi connectivity index (χ2n) is 9.17. The molecule has 1 aliphatic carbocycles. The van der Waals surface area contributed by atoms with Crippen LogP contribution in [0.5, 0.6) is 0 Å². The van der Waals surface area contributed by atoms with Gasteiger partial charge in [-0.25, -0.2) is 19.4 Å². The van der Waals surface area contributed by atoms with E-state index < -0.39 is 0 Å². The summed E-state index contributed by atoms with van der Waals surface area (Å²) < 4.78 is 21.1. The summed E-state index contributed by atoms with van der Waals surface area (Å²) in [6.07, 6.45) is 8.60. The van der Waals surface area contributed by atoms with E-state index in [0.29, 0.717) is 29.5 Å². The van der Waals surface area contributed by atoms with E-state index in [4.69, 9.17) is 4.42 Å². The van der Waals surface area contributed by atoms with Crippen molar-refractivity contribution in [1.29, 1.82) is 0 Å². The monoisotopic (exact) mass is 471 g/mol. The molecule has 0 amide bonds. The van der Waals surface area contributed by atoms with Crippen molar-refractivity contribution in [3.8, 4) is 11.5 Å². The highest BCUT2D eigenvalue weighted by Gasteiger charge is 2.18. The van der Waals surface area contributed by atoms with Gasteiger partial charge in [-0.3, -0.25) is 0 Å². The molecule has 1 aromatic carbocycles. The number of pyridine rings is 1. The van der Waals surface area contributed by atoms with E-state index in [-0.39, 0.29) is 5.83 Å². The number of aryl methyl sites for hydroxylation is 1. The van der Waals surface area contributed by atoms with Gasteiger partial charge in [-0.1, -0.05) is 0 Å². The number of aliphatic imine (C=N–C) groups is 1. The fraction of sp³-hybridized carbons (Fsp3) is 0.321. The molecule has 2 aromatic heterocycles. The smallest absolute Gasteiger partial charge is 0.226 e. The van der Waals surface area contributed by atoms with E-state index in [0.717, 1.165) is 55.9 Å². The lowest BCUT2D eigenvalue weighted by Crippen LogP contribution is -2.44. The number of halogens is 1. The lowest BCUT2D eigenvalue weighted by molar-refractivity contribution is 0.313. The van der Waals surface area contributed by atoms with Crippen LogP contribution < -0.4 is 4.90 Å². The number of likely N-dealkylation sites (N-methyl/N-ethyl adjacent to an activating group) is 1. The van der Waals surface area contributed by atoms with Crippen molar-refractivity contribution < 1.29 is 8.81 Å². The highest BCUT2D eigenvalue weighted by molar-refractivity contribution is 5.97. The molecular formula is C28H30FN5O. The Hall–Kier alpha value is -3.58. The Morgan fingerprint density at radius 3 is 2.54 bits per heavy atom. The Morgan fingerprint density at radius 1 is 0.971 bits per heavy atom. The van der Waals surface area contributed by atoms with Gasteiger partial charge in [0, 0.05) is 54.9 Å². The van der Waals surface area contributed by atoms with Crippen LogP contribution in [-0.2, 0) is 0 Å². The van der Waals surface area contributed by atoms with Gasteiger partial charge in [0.15, 0.2) is 11.6 Å². The Kier molecular flexibility index (Phi) is 6.86. The quantitative estimate of drug-likeness (QED) is 0.468. The third-order valence-electron chi connectivity index (χ3n) is 6.51. The number of aromatic nitrogens is 2. The van der Waals surface area contributed by atoms with E-state index in [1.807, 2.05) is 31.2 Å². The van der Waals surface area contributed by atoms with E-state index >= 15 is 4.39 Å². The minimum absolute atomic E-state index is 0.317. The SMILES string of the molecule is Cc1ccnc(N=C2/C=C\C(F)=C(c3cnc(-c4ccc(N5CCN(C)CC5)cc4)o3)CCC2)c1. The molecule has 1 aliphatic heterocycles. The average molecular weight is 472 g/mol. The summed E-state index contributed by atoms with van der Waals surface area (Å²) in [6.45, 7) is 6.18. The summed E-state index contributed by atoms with van der Waals surface area (Å²) in [6, 6.07) is 12.1. The molecule has 0 unspecified atom stereocenters. The van der Waals surface area contributed by atoms with E-state index in [2.05, 4.69) is 43.9 Å². The summed E-state index contributed by atoms with van der Waals surface area (Å²) in [4.78, 5) is 18.0. The largest absolute Gasteiger partial charge is 0.436 e. The van der Waals surface area contributed by atoms with Crippen LogP contribution in [0, 0.1) is 6.92 Å². The number of piperazine rings is 1. The zero-order valence-corrected chi connectivity index (χ0v) is 20.2. The fourth-order valence-corrected chi connectivity index (χ4v) is 4.41. The zero-order valence-electron chi connectivity index (χ0n) is 20.2. The number of nitrogens with zero attached hydrogens (tertiary/aromatic N) is 5. The van der Waals surface area contributed by atoms with Crippen molar-refractivity contribution in [2.45, 2.75) is 26.2 Å². The number of allylic oxidation sites excluding steroid dienone is 4. The van der Waals surface area contributed by atoms with Crippen molar-refractivity contribution in [3.63, 3.8) is 0 Å². The Bertz CT molecular complexity index is 1270. The topological polar surface area (TPSA) is 57.8 Å². The van der Waals surface area contributed by atoms with Crippen LogP contribution in [0.1, 0.15) is 30.6 Å². The van der Waals surface area contributed by atoms with Crippen molar-refractivity contribution in [2.75, 3.05) is 38.1 Å². The lowest BCUT2D eigenvalue weighted by atomic mass is 10.0. The molecular weight excluding hydrogens is 441 g/mol. The maximum atomic E-state index is 15.1. The molecule has 1 saturated heterocycles. The summed E-state index contributed by atoms with van der Waals surface area (Å²) >= 11 is 0. The molecule has 3 aromatic rings. The minimum atomic E-state index is -0.317. The van der Waals surface area contributed by atoms with Gasteiger partial charge in [0.2, 0.25) is 5.89 Å². The summed E-state index contributed by atoms with van der Waals surface area (Å²) in [5.74, 6) is 1.31. The molecule has 6 nitrogen and oxygen atoms in total. The van der Waals surface area contributed by atoms with Crippen LogP contribution in [0.2, 0.25) is 0 Å². The summed E-state index contributed by atoms with van der Waals surface area (Å²) in [5, 5.41) is 0. The van der Waals surface area contributed by atoms with E-state index in [9.17, 15) is 0 Å². The van der Waals surface area contributed by atoms with E-state index in [1.165, 1.54) is 11.8 Å². The first-order valence-electron chi connectivity index (χ1n) is 12.1. The molecule has 35 heavy (non-hydrogen) atoms. The number of benzene rings is 1. The molecule has 180 valence electrons. The highest BCUT2D eigenvalue weighted by atomic mass is 19.1. The third-order valence-corrected chi connectivity index (χ3v) is 6.51. The molecule has 0 atom stereocenters. The molecule has 2 aliphatic rings. The van der Waals surface area contributed by atoms with Gasteiger partial charge < -0.3 is 14.2 Å². The van der Waals surface area contributed by atoms with E-state index in [1.54, 1.807) is 18.5 Å². The Balaban J connectivity index is 1.32. The number of hydrogen-bond acceptors (Lipinski definition) is 6. The Labute approximate surface area is 205 Å². The van der Waals surface area contributed by atoms with Gasteiger partial charge in [0.05, 0.1) is 6.20 Å². The van der Waals surface area contributed by atoms with Gasteiger partial charge in [0.25, 0.3) is 0 Å². The first-order valence-corrected chi connectivity index (χ1v) is 12.1. The first-order chi connectivity index (χ1) is 17.0. The van der Waals surface area contributed by atoms with Crippen molar-refractivity contribution in [1.82, 2.24) is 14.9 Å².